The van der Waals surface area contributed by atoms with E-state index in [2.05, 4.69) is 59.8 Å². The molecule has 0 saturated heterocycles. The van der Waals surface area contributed by atoms with Crippen molar-refractivity contribution in [3.63, 3.8) is 0 Å². The van der Waals surface area contributed by atoms with Crippen LogP contribution in [0.1, 0.15) is 87.0 Å². The molecule has 0 rings (SSSR count). The highest BCUT2D eigenvalue weighted by Crippen LogP contribution is 2.11. The lowest BCUT2D eigenvalue weighted by Crippen LogP contribution is -2.02. The first-order valence-electron chi connectivity index (χ1n) is 10.1. The van der Waals surface area contributed by atoms with Gasteiger partial charge in [-0.25, -0.2) is 4.79 Å². The average Bonchev–Trinajstić information content (AvgIpc) is 2.54. The molecule has 0 aliphatic rings. The van der Waals surface area contributed by atoms with Crippen LogP contribution in [0, 0.1) is 0 Å². The Hall–Kier alpha value is -1.83. The van der Waals surface area contributed by atoms with Gasteiger partial charge < -0.3 is 4.74 Å². The molecule has 0 aromatic carbocycles. The molecule has 0 atom stereocenters. The van der Waals surface area contributed by atoms with Crippen molar-refractivity contribution in [2.45, 2.75) is 87.0 Å². The van der Waals surface area contributed by atoms with Gasteiger partial charge in [0.2, 0.25) is 0 Å². The number of rotatable bonds is 12. The maximum atomic E-state index is 11.9. The van der Waals surface area contributed by atoms with Gasteiger partial charge in [-0.2, -0.15) is 0 Å². The van der Waals surface area contributed by atoms with E-state index in [0.29, 0.717) is 6.61 Å². The SMILES string of the molecule is CC(C)=CCC/C(C)=C/CC/C(C)=C/C(=O)OC/C=C(\C)CCC=C(C)C. The summed E-state index contributed by atoms with van der Waals surface area (Å²) in [7, 11) is 0. The van der Waals surface area contributed by atoms with E-state index in [-0.39, 0.29) is 5.97 Å². The van der Waals surface area contributed by atoms with Gasteiger partial charge in [-0.1, -0.05) is 46.1 Å². The van der Waals surface area contributed by atoms with Crippen LogP contribution >= 0.6 is 0 Å². The van der Waals surface area contributed by atoms with Crippen molar-refractivity contribution in [2.24, 2.45) is 0 Å². The van der Waals surface area contributed by atoms with E-state index in [1.807, 2.05) is 13.0 Å². The fourth-order valence-corrected chi connectivity index (χ4v) is 2.51. The van der Waals surface area contributed by atoms with Crippen LogP contribution in [0.5, 0.6) is 0 Å². The average molecular weight is 373 g/mol. The fourth-order valence-electron chi connectivity index (χ4n) is 2.51. The number of carbonyl (C=O) groups is 1. The van der Waals surface area contributed by atoms with Gasteiger partial charge in [0.05, 0.1) is 0 Å². The van der Waals surface area contributed by atoms with Gasteiger partial charge >= 0.3 is 5.97 Å². The Morgan fingerprint density at radius 2 is 1.07 bits per heavy atom. The number of allylic oxidation sites excluding steroid dienone is 8. The molecule has 0 amide bonds. The molecule has 0 unspecified atom stereocenters. The van der Waals surface area contributed by atoms with Crippen LogP contribution in [0.2, 0.25) is 0 Å². The summed E-state index contributed by atoms with van der Waals surface area (Å²) in [6.07, 6.45) is 16.5. The van der Waals surface area contributed by atoms with Crippen molar-refractivity contribution < 1.29 is 9.53 Å². The molecule has 0 aromatic heterocycles. The lowest BCUT2D eigenvalue weighted by Gasteiger charge is -2.03. The van der Waals surface area contributed by atoms with Gasteiger partial charge in [0.25, 0.3) is 0 Å². The molecule has 0 aliphatic heterocycles. The summed E-state index contributed by atoms with van der Waals surface area (Å²) in [5.74, 6) is -0.245. The summed E-state index contributed by atoms with van der Waals surface area (Å²) in [6, 6.07) is 0. The molecule has 0 fully saturated rings. The van der Waals surface area contributed by atoms with Crippen molar-refractivity contribution in [1.29, 1.82) is 0 Å². The first-order chi connectivity index (χ1) is 12.7. The summed E-state index contributed by atoms with van der Waals surface area (Å²) >= 11 is 0. The number of ether oxygens (including phenoxy) is 1. The molecule has 0 spiro atoms. The third-order valence-electron chi connectivity index (χ3n) is 4.24. The number of hydrogen-bond acceptors (Lipinski definition) is 2. The molecule has 2 nitrogen and oxygen atoms in total. The van der Waals surface area contributed by atoms with Crippen LogP contribution in [0.3, 0.4) is 0 Å². The molecule has 0 heterocycles. The predicted molar refractivity (Wildman–Crippen MR) is 119 cm³/mol. The van der Waals surface area contributed by atoms with E-state index in [1.54, 1.807) is 6.08 Å². The number of carbonyl (C=O) groups excluding carboxylic acids is 1. The summed E-state index contributed by atoms with van der Waals surface area (Å²) < 4.78 is 5.28. The quantitative estimate of drug-likeness (QED) is 0.200. The Bertz CT molecular complexity index is 590. The third kappa shape index (κ3) is 17.3. The lowest BCUT2D eigenvalue weighted by molar-refractivity contribution is -0.136. The first-order valence-corrected chi connectivity index (χ1v) is 10.1. The monoisotopic (exact) mass is 372 g/mol. The van der Waals surface area contributed by atoms with Gasteiger partial charge in [0.1, 0.15) is 6.61 Å². The number of hydrogen-bond donors (Lipinski definition) is 0. The Morgan fingerprint density at radius 3 is 1.59 bits per heavy atom. The molecule has 0 radical (unpaired) electrons. The zero-order chi connectivity index (χ0) is 20.7. The van der Waals surface area contributed by atoms with Crippen LogP contribution in [0.15, 0.2) is 58.2 Å². The van der Waals surface area contributed by atoms with Gasteiger partial charge in [0.15, 0.2) is 0 Å². The zero-order valence-corrected chi connectivity index (χ0v) is 18.7. The molecule has 0 aliphatic carbocycles. The van der Waals surface area contributed by atoms with E-state index in [0.717, 1.165) is 44.1 Å². The summed E-state index contributed by atoms with van der Waals surface area (Å²) in [4.78, 5) is 11.9. The van der Waals surface area contributed by atoms with Gasteiger partial charge in [-0.3, -0.25) is 0 Å². The molecule has 27 heavy (non-hydrogen) atoms. The molecule has 0 N–H and O–H groups in total. The molecule has 0 saturated carbocycles. The van der Waals surface area contributed by atoms with Crippen LogP contribution in [-0.4, -0.2) is 12.6 Å². The Kier molecular flexibility index (Phi) is 14.2. The topological polar surface area (TPSA) is 26.3 Å². The second-order valence-corrected chi connectivity index (χ2v) is 7.90. The minimum Gasteiger partial charge on any atom is -0.458 e. The maximum absolute atomic E-state index is 11.9. The normalized spacial score (nSPS) is 12.6. The van der Waals surface area contributed by atoms with Gasteiger partial charge in [-0.15, -0.1) is 0 Å². The third-order valence-corrected chi connectivity index (χ3v) is 4.24. The van der Waals surface area contributed by atoms with Crippen molar-refractivity contribution >= 4 is 5.97 Å². The maximum Gasteiger partial charge on any atom is 0.331 e. The zero-order valence-electron chi connectivity index (χ0n) is 18.7. The van der Waals surface area contributed by atoms with Gasteiger partial charge in [0, 0.05) is 6.08 Å². The van der Waals surface area contributed by atoms with Crippen LogP contribution in [-0.2, 0) is 9.53 Å². The molecule has 152 valence electrons. The highest BCUT2D eigenvalue weighted by atomic mass is 16.5. The molecular formula is C25H40O2. The predicted octanol–water partition coefficient (Wildman–Crippen LogP) is 7.64. The lowest BCUT2D eigenvalue weighted by atomic mass is 10.1. The van der Waals surface area contributed by atoms with Gasteiger partial charge in [-0.05, 0) is 93.1 Å². The second kappa shape index (κ2) is 15.2. The molecule has 0 aromatic rings. The second-order valence-electron chi connectivity index (χ2n) is 7.90. The highest BCUT2D eigenvalue weighted by Gasteiger charge is 1.99. The van der Waals surface area contributed by atoms with Crippen LogP contribution < -0.4 is 0 Å². The Morgan fingerprint density at radius 1 is 0.630 bits per heavy atom. The first kappa shape index (κ1) is 25.2. The summed E-state index contributed by atoms with van der Waals surface area (Å²) in [6.45, 7) is 15.1. The highest BCUT2D eigenvalue weighted by molar-refractivity contribution is 5.82. The molecule has 0 bridgehead atoms. The summed E-state index contributed by atoms with van der Waals surface area (Å²) in [5.41, 5.74) is 6.45. The van der Waals surface area contributed by atoms with Crippen LogP contribution in [0.4, 0.5) is 0 Å². The van der Waals surface area contributed by atoms with E-state index in [4.69, 9.17) is 4.74 Å². The van der Waals surface area contributed by atoms with E-state index < -0.39 is 0 Å². The minimum atomic E-state index is -0.245. The van der Waals surface area contributed by atoms with Crippen LogP contribution in [0.25, 0.3) is 0 Å². The minimum absolute atomic E-state index is 0.245. The number of esters is 1. The van der Waals surface area contributed by atoms with Crippen molar-refractivity contribution in [3.8, 4) is 0 Å². The molecular weight excluding hydrogens is 332 g/mol. The van der Waals surface area contributed by atoms with Crippen molar-refractivity contribution in [2.75, 3.05) is 6.61 Å². The van der Waals surface area contributed by atoms with Crippen molar-refractivity contribution in [1.82, 2.24) is 0 Å². The molecule has 2 heteroatoms. The standard InChI is InChI=1S/C25H40O2/c1-20(2)11-8-13-22(5)15-10-16-24(7)19-25(26)27-18-17-23(6)14-9-12-21(3)4/h11-12,15,17,19H,8-10,13-14,16,18H2,1-7H3/b22-15+,23-17+,24-19+. The van der Waals surface area contributed by atoms with Crippen molar-refractivity contribution in [3.05, 3.63) is 58.2 Å². The Labute approximate surface area is 167 Å². The fraction of sp³-hybridized carbons (Fsp3) is 0.560. The Balaban J connectivity index is 4.14. The largest absolute Gasteiger partial charge is 0.458 e. The van der Waals surface area contributed by atoms with E-state index in [9.17, 15) is 4.79 Å². The summed E-state index contributed by atoms with van der Waals surface area (Å²) in [5, 5.41) is 0. The van der Waals surface area contributed by atoms with E-state index in [1.165, 1.54) is 22.3 Å². The van der Waals surface area contributed by atoms with E-state index >= 15 is 0 Å². The smallest absolute Gasteiger partial charge is 0.331 e.